The topological polar surface area (TPSA) is 126 Å². The summed E-state index contributed by atoms with van der Waals surface area (Å²) in [6.07, 6.45) is 2.79. The summed E-state index contributed by atoms with van der Waals surface area (Å²) in [5.74, 6) is -5.08. The number of aliphatic carboxylic acids is 2. The van der Waals surface area contributed by atoms with Gasteiger partial charge in [-0.15, -0.1) is 0 Å². The van der Waals surface area contributed by atoms with Crippen molar-refractivity contribution in [3.63, 3.8) is 0 Å². The van der Waals surface area contributed by atoms with Crippen molar-refractivity contribution < 1.29 is 103 Å². The van der Waals surface area contributed by atoms with E-state index in [4.69, 9.17) is 24.0 Å². The van der Waals surface area contributed by atoms with E-state index in [0.29, 0.717) is 25.4 Å². The van der Waals surface area contributed by atoms with Crippen LogP contribution in [0.4, 0.5) is 0 Å². The molecule has 6 unspecified atom stereocenters. The van der Waals surface area contributed by atoms with Crippen LogP contribution in [-0.2, 0) is 34.6 Å². The molecule has 0 aromatic heterocycles. The molecule has 1 saturated heterocycles. The number of carbonyl (C=O) groups excluding carboxylic acids is 2. The summed E-state index contributed by atoms with van der Waals surface area (Å²) in [5.41, 5.74) is -0.436. The van der Waals surface area contributed by atoms with Crippen LogP contribution in [0.5, 0.6) is 5.75 Å². The standard InChI is InChI=1S/C26H36O9.2Na/c1-5-32-20-8-6-7-18(12-20)26(31-4)25(34-35-26)17(3)14-24(13-16(2)11-19(25)15-24)33-10-9-21(22(27)28)23(29)30;;/h6-8,12,16-17,19,21H,5,9-11,13-15H2,1-4H3,(H,27,28)(H,29,30);;/q;2*+1/p-2. The summed E-state index contributed by atoms with van der Waals surface area (Å²) < 4.78 is 18.1. The zero-order valence-corrected chi connectivity index (χ0v) is 26.7. The van der Waals surface area contributed by atoms with Crippen molar-refractivity contribution in [3.05, 3.63) is 29.8 Å². The zero-order valence-electron chi connectivity index (χ0n) is 22.7. The van der Waals surface area contributed by atoms with Crippen LogP contribution in [0.25, 0.3) is 0 Å². The van der Waals surface area contributed by atoms with Gasteiger partial charge in [-0.3, -0.25) is 0 Å². The smallest absolute Gasteiger partial charge is 0.549 e. The molecule has 3 aliphatic rings. The Balaban J connectivity index is 0.00000241. The van der Waals surface area contributed by atoms with Crippen LogP contribution in [0.1, 0.15) is 58.4 Å². The third kappa shape index (κ3) is 5.82. The maximum atomic E-state index is 11.1. The molecular formula is C26H34Na2O9. The minimum atomic E-state index is -1.70. The molecule has 194 valence electrons. The van der Waals surface area contributed by atoms with Crippen LogP contribution < -0.4 is 74.1 Å². The summed E-state index contributed by atoms with van der Waals surface area (Å²) >= 11 is 0. The molecule has 1 spiro atoms. The monoisotopic (exact) mass is 536 g/mol. The van der Waals surface area contributed by atoms with E-state index in [9.17, 15) is 19.8 Å². The van der Waals surface area contributed by atoms with Gasteiger partial charge in [0.2, 0.25) is 0 Å². The van der Waals surface area contributed by atoms with Gasteiger partial charge in [0.15, 0.2) is 5.60 Å². The van der Waals surface area contributed by atoms with E-state index in [1.54, 1.807) is 7.11 Å². The van der Waals surface area contributed by atoms with Gasteiger partial charge in [-0.05, 0) is 63.0 Å². The number of hydrogen-bond acceptors (Lipinski definition) is 9. The van der Waals surface area contributed by atoms with Gasteiger partial charge in [-0.25, -0.2) is 4.89 Å². The van der Waals surface area contributed by atoms with Gasteiger partial charge in [-0.2, -0.15) is 4.89 Å². The normalized spacial score (nSPS) is 34.1. The van der Waals surface area contributed by atoms with Crippen LogP contribution >= 0.6 is 0 Å². The fraction of sp³-hybridized carbons (Fsp3) is 0.692. The zero-order chi connectivity index (χ0) is 25.4. The number of ether oxygens (including phenoxy) is 3. The molecule has 9 nitrogen and oxygen atoms in total. The average Bonchev–Trinajstić information content (AvgIpc) is 2.76. The quantitative estimate of drug-likeness (QED) is 0.165. The van der Waals surface area contributed by atoms with Crippen molar-refractivity contribution in [1.29, 1.82) is 0 Å². The van der Waals surface area contributed by atoms with E-state index in [2.05, 4.69) is 13.8 Å². The number of carboxylic acids is 2. The van der Waals surface area contributed by atoms with Gasteiger partial charge in [0.25, 0.3) is 5.79 Å². The van der Waals surface area contributed by atoms with Crippen molar-refractivity contribution in [2.75, 3.05) is 20.3 Å². The minimum Gasteiger partial charge on any atom is -0.549 e. The molecule has 2 saturated carbocycles. The summed E-state index contributed by atoms with van der Waals surface area (Å²) in [6, 6.07) is 7.68. The third-order valence-corrected chi connectivity index (χ3v) is 8.05. The first-order chi connectivity index (χ1) is 16.6. The van der Waals surface area contributed by atoms with Crippen molar-refractivity contribution in [1.82, 2.24) is 0 Å². The molecule has 0 radical (unpaired) electrons. The Morgan fingerprint density at radius 1 is 1.11 bits per heavy atom. The van der Waals surface area contributed by atoms with Gasteiger partial charge in [-0.1, -0.05) is 26.0 Å². The minimum absolute atomic E-state index is 0. The Morgan fingerprint density at radius 2 is 1.81 bits per heavy atom. The van der Waals surface area contributed by atoms with Crippen LogP contribution in [0.15, 0.2) is 24.3 Å². The van der Waals surface area contributed by atoms with Crippen molar-refractivity contribution in [2.45, 2.75) is 69.9 Å². The molecule has 6 atom stereocenters. The number of carbonyl (C=O) groups is 2. The Labute approximate surface area is 262 Å². The number of hydrogen-bond donors (Lipinski definition) is 0. The predicted octanol–water partition coefficient (Wildman–Crippen LogP) is -4.67. The number of benzene rings is 1. The fourth-order valence-corrected chi connectivity index (χ4v) is 6.83. The SMILES string of the molecule is CCOc1cccc(C2(OC)OOC23C(C)CC2(OCCC(C(=O)[O-])C(=O)[O-])CC(C)CC3C2)c1.[Na+].[Na+]. The second-order valence-electron chi connectivity index (χ2n) is 10.3. The number of carboxylic acid groups (broad SMARTS) is 2. The summed E-state index contributed by atoms with van der Waals surface area (Å²) in [7, 11) is 1.62. The molecule has 1 aromatic carbocycles. The molecule has 0 N–H and O–H groups in total. The Kier molecular flexibility index (Phi) is 11.6. The molecule has 1 aromatic rings. The summed E-state index contributed by atoms with van der Waals surface area (Å²) in [5, 5.41) is 22.3. The van der Waals surface area contributed by atoms with Gasteiger partial charge in [0, 0.05) is 31.1 Å². The second-order valence-corrected chi connectivity index (χ2v) is 10.3. The maximum Gasteiger partial charge on any atom is 1.00 e. The molecule has 11 heteroatoms. The van der Waals surface area contributed by atoms with E-state index in [0.717, 1.165) is 24.2 Å². The number of methoxy groups -OCH3 is 1. The number of rotatable bonds is 10. The first kappa shape index (κ1) is 33.0. The molecule has 2 bridgehead atoms. The second kappa shape index (κ2) is 13.0. The molecular weight excluding hydrogens is 502 g/mol. The van der Waals surface area contributed by atoms with E-state index in [-0.39, 0.29) is 84.0 Å². The Hall–Kier alpha value is -0.200. The molecule has 2 aliphatic carbocycles. The van der Waals surface area contributed by atoms with Gasteiger partial charge in [0.1, 0.15) is 5.75 Å². The summed E-state index contributed by atoms with van der Waals surface area (Å²) in [6.45, 7) is 6.71. The predicted molar refractivity (Wildman–Crippen MR) is 118 cm³/mol. The van der Waals surface area contributed by atoms with E-state index in [1.165, 1.54) is 0 Å². The van der Waals surface area contributed by atoms with Gasteiger partial charge in [0.05, 0.1) is 24.1 Å². The van der Waals surface area contributed by atoms with Gasteiger partial charge >= 0.3 is 59.1 Å². The third-order valence-electron chi connectivity index (χ3n) is 8.05. The molecule has 3 fully saturated rings. The Morgan fingerprint density at radius 3 is 2.38 bits per heavy atom. The van der Waals surface area contributed by atoms with E-state index in [1.807, 2.05) is 31.2 Å². The maximum absolute atomic E-state index is 11.1. The van der Waals surface area contributed by atoms with Crippen LogP contribution in [0, 0.1) is 23.7 Å². The molecule has 0 amide bonds. The first-order valence-corrected chi connectivity index (χ1v) is 12.3. The molecule has 4 rings (SSSR count). The van der Waals surface area contributed by atoms with Crippen LogP contribution in [-0.4, -0.2) is 43.5 Å². The van der Waals surface area contributed by atoms with Crippen LogP contribution in [0.2, 0.25) is 0 Å². The van der Waals surface area contributed by atoms with Crippen LogP contribution in [0.3, 0.4) is 0 Å². The number of fused-ring (bicyclic) bond motifs is 3. The van der Waals surface area contributed by atoms with Crippen molar-refractivity contribution >= 4 is 11.9 Å². The Bertz CT molecular complexity index is 940. The van der Waals surface area contributed by atoms with Crippen molar-refractivity contribution in [3.8, 4) is 5.75 Å². The molecule has 1 aliphatic heterocycles. The summed E-state index contributed by atoms with van der Waals surface area (Å²) in [4.78, 5) is 34.1. The molecule has 1 heterocycles. The average molecular weight is 537 g/mol. The van der Waals surface area contributed by atoms with Crippen molar-refractivity contribution in [2.24, 2.45) is 23.7 Å². The molecule has 37 heavy (non-hydrogen) atoms. The largest absolute Gasteiger partial charge is 1.00 e. The van der Waals surface area contributed by atoms with Gasteiger partial charge < -0.3 is 34.0 Å². The first-order valence-electron chi connectivity index (χ1n) is 12.3. The van der Waals surface area contributed by atoms with E-state index >= 15 is 0 Å². The van der Waals surface area contributed by atoms with E-state index < -0.39 is 34.8 Å². The fourth-order valence-electron chi connectivity index (χ4n) is 6.83.